The molecule has 40 heavy (non-hydrogen) atoms. The Hall–Kier alpha value is -3.14. The highest BCUT2D eigenvalue weighted by atomic mass is 16.5. The van der Waals surface area contributed by atoms with E-state index in [-0.39, 0.29) is 23.8 Å². The van der Waals surface area contributed by atoms with Crippen molar-refractivity contribution in [3.63, 3.8) is 0 Å². The summed E-state index contributed by atoms with van der Waals surface area (Å²) in [5.74, 6) is 3.54. The fraction of sp³-hybridized carbons (Fsp3) is 0.500. The Bertz CT molecular complexity index is 1160. The lowest BCUT2D eigenvalue weighted by Gasteiger charge is -2.48. The van der Waals surface area contributed by atoms with Crippen LogP contribution in [0.1, 0.15) is 36.8 Å². The number of carbonyl (C=O) groups excluding carboxylic acids is 2. The van der Waals surface area contributed by atoms with Gasteiger partial charge in [0.25, 0.3) is 0 Å². The Morgan fingerprint density at radius 1 is 0.550 bits per heavy atom. The van der Waals surface area contributed by atoms with Gasteiger partial charge in [-0.25, -0.2) is 0 Å². The maximum Gasteiger partial charge on any atom is 0.309 e. The minimum Gasteiger partial charge on any atom is -0.465 e. The van der Waals surface area contributed by atoms with Crippen molar-refractivity contribution in [2.45, 2.75) is 38.5 Å². The fourth-order valence-corrected chi connectivity index (χ4v) is 9.03. The monoisotopic (exact) mass is 536 g/mol. The summed E-state index contributed by atoms with van der Waals surface area (Å²) in [5.41, 5.74) is 2.41. The van der Waals surface area contributed by atoms with Crippen LogP contribution < -0.4 is 0 Å². The summed E-state index contributed by atoms with van der Waals surface area (Å²) in [6.07, 6.45) is 15.2. The van der Waals surface area contributed by atoms with Gasteiger partial charge in [-0.05, 0) is 84.2 Å². The highest BCUT2D eigenvalue weighted by molar-refractivity contribution is 5.75. The summed E-state index contributed by atoms with van der Waals surface area (Å²) in [5, 5.41) is 0. The number of benzene rings is 2. The van der Waals surface area contributed by atoms with Crippen LogP contribution in [0.5, 0.6) is 0 Å². The van der Waals surface area contributed by atoms with Crippen LogP contribution in [0.25, 0.3) is 0 Å². The number of carbonyl (C=O) groups is 2. The highest BCUT2D eigenvalue weighted by Gasteiger charge is 2.58. The maximum atomic E-state index is 13.3. The molecular weight excluding hydrogens is 496 g/mol. The second-order valence-electron chi connectivity index (χ2n) is 12.9. The second kappa shape index (κ2) is 11.0. The largest absolute Gasteiger partial charge is 0.465 e. The Balaban J connectivity index is 0.956. The predicted molar refractivity (Wildman–Crippen MR) is 154 cm³/mol. The SMILES string of the molecule is O=C(OCCc1ccccc1)[C@@H]1[C@@H](C2CC([C@H]3[C@H](C(=O)OCCc4ccccc4)[C@@H]4C=C[C@H]3C4)C2)[C@@H]2C=C[C@H]1C2. The zero-order valence-corrected chi connectivity index (χ0v) is 23.1. The van der Waals surface area contributed by atoms with Gasteiger partial charge in [-0.2, -0.15) is 0 Å². The Labute approximate surface area is 237 Å². The number of allylic oxidation sites excluding steroid dienone is 4. The van der Waals surface area contributed by atoms with E-state index in [0.717, 1.165) is 38.5 Å². The van der Waals surface area contributed by atoms with E-state index in [2.05, 4.69) is 48.6 Å². The van der Waals surface area contributed by atoms with Crippen LogP contribution >= 0.6 is 0 Å². The van der Waals surface area contributed by atoms with E-state index in [0.29, 0.717) is 60.6 Å². The summed E-state index contributed by atoms with van der Waals surface area (Å²) in [7, 11) is 0. The third kappa shape index (κ3) is 4.84. The lowest BCUT2D eigenvalue weighted by molar-refractivity contribution is -0.154. The van der Waals surface area contributed by atoms with E-state index in [1.807, 2.05) is 36.4 Å². The lowest BCUT2D eigenvalue weighted by atomic mass is 9.56. The fourth-order valence-electron chi connectivity index (χ4n) is 9.03. The van der Waals surface area contributed by atoms with Gasteiger partial charge in [0.2, 0.25) is 0 Å². The Morgan fingerprint density at radius 3 is 1.38 bits per heavy atom. The molecule has 4 bridgehead atoms. The molecule has 2 aromatic carbocycles. The quantitative estimate of drug-likeness (QED) is 0.258. The normalized spacial score (nSPS) is 36.5. The van der Waals surface area contributed by atoms with Crippen LogP contribution in [-0.2, 0) is 31.9 Å². The molecule has 3 saturated carbocycles. The van der Waals surface area contributed by atoms with Gasteiger partial charge in [-0.15, -0.1) is 0 Å². The molecule has 208 valence electrons. The van der Waals surface area contributed by atoms with Gasteiger partial charge >= 0.3 is 11.9 Å². The second-order valence-corrected chi connectivity index (χ2v) is 12.9. The molecule has 2 aromatic rings. The van der Waals surface area contributed by atoms with E-state index in [1.54, 1.807) is 0 Å². The third-order valence-electron chi connectivity index (χ3n) is 10.8. The van der Waals surface area contributed by atoms with Crippen LogP contribution in [0.15, 0.2) is 85.0 Å². The van der Waals surface area contributed by atoms with Crippen molar-refractivity contribution in [1.29, 1.82) is 0 Å². The molecule has 0 radical (unpaired) electrons. The molecule has 7 rings (SSSR count). The first-order chi connectivity index (χ1) is 19.7. The zero-order chi connectivity index (χ0) is 27.1. The zero-order valence-electron chi connectivity index (χ0n) is 23.1. The third-order valence-corrected chi connectivity index (χ3v) is 10.8. The van der Waals surface area contributed by atoms with Gasteiger partial charge in [-0.1, -0.05) is 85.0 Å². The van der Waals surface area contributed by atoms with Crippen LogP contribution in [-0.4, -0.2) is 25.2 Å². The van der Waals surface area contributed by atoms with Gasteiger partial charge in [0.1, 0.15) is 0 Å². The molecule has 0 N–H and O–H groups in total. The van der Waals surface area contributed by atoms with Gasteiger partial charge in [0.05, 0.1) is 25.0 Å². The average molecular weight is 537 g/mol. The number of ether oxygens (including phenoxy) is 2. The van der Waals surface area contributed by atoms with Crippen LogP contribution in [0, 0.1) is 59.2 Å². The summed E-state index contributed by atoms with van der Waals surface area (Å²) >= 11 is 0. The molecule has 0 aromatic heterocycles. The summed E-state index contributed by atoms with van der Waals surface area (Å²) < 4.78 is 11.7. The van der Waals surface area contributed by atoms with Crippen LogP contribution in [0.2, 0.25) is 0 Å². The summed E-state index contributed by atoms with van der Waals surface area (Å²) in [6.45, 7) is 0.901. The van der Waals surface area contributed by atoms with Gasteiger partial charge in [-0.3, -0.25) is 9.59 Å². The van der Waals surface area contributed by atoms with Crippen LogP contribution in [0.3, 0.4) is 0 Å². The highest BCUT2D eigenvalue weighted by Crippen LogP contribution is 2.62. The van der Waals surface area contributed by atoms with Crippen molar-refractivity contribution in [2.75, 3.05) is 13.2 Å². The van der Waals surface area contributed by atoms with Crippen LogP contribution in [0.4, 0.5) is 0 Å². The number of rotatable bonds is 10. The lowest BCUT2D eigenvalue weighted by Crippen LogP contribution is -2.45. The molecule has 0 spiro atoms. The van der Waals surface area contributed by atoms with Crippen molar-refractivity contribution in [3.8, 4) is 0 Å². The van der Waals surface area contributed by atoms with Gasteiger partial charge in [0, 0.05) is 12.8 Å². The minimum absolute atomic E-state index is 0.00366. The van der Waals surface area contributed by atoms with Crippen molar-refractivity contribution < 1.29 is 19.1 Å². The van der Waals surface area contributed by atoms with E-state index in [1.165, 1.54) is 11.1 Å². The standard InChI is InChI=1S/C36H40O4/c37-35(39-17-15-23-7-3-1-4-8-23)33-27-13-11-25(19-27)31(33)29-21-30(22-29)32-26-12-14-28(20-26)34(32)36(38)40-18-16-24-9-5-2-6-10-24/h1-14,25-34H,15-22H2/t25-,26+,27+,28-,29?,30?,31-,32+,33+,34-. The summed E-state index contributed by atoms with van der Waals surface area (Å²) in [6, 6.07) is 20.5. The molecular formula is C36H40O4. The van der Waals surface area contributed by atoms with E-state index in [9.17, 15) is 9.59 Å². The molecule has 0 amide bonds. The first kappa shape index (κ1) is 25.8. The minimum atomic E-state index is -0.00426. The molecule has 8 atom stereocenters. The smallest absolute Gasteiger partial charge is 0.309 e. The van der Waals surface area contributed by atoms with Gasteiger partial charge in [0.15, 0.2) is 0 Å². The molecule has 0 unspecified atom stereocenters. The number of esters is 2. The van der Waals surface area contributed by atoms with E-state index >= 15 is 0 Å². The predicted octanol–water partition coefficient (Wildman–Crippen LogP) is 6.46. The molecule has 0 heterocycles. The first-order valence-electron chi connectivity index (χ1n) is 15.4. The average Bonchev–Trinajstić information content (AvgIpc) is 3.75. The van der Waals surface area contributed by atoms with Crippen molar-refractivity contribution >= 4 is 11.9 Å². The van der Waals surface area contributed by atoms with E-state index < -0.39 is 0 Å². The molecule has 4 nitrogen and oxygen atoms in total. The molecule has 5 aliphatic rings. The van der Waals surface area contributed by atoms with Gasteiger partial charge < -0.3 is 9.47 Å². The molecule has 4 heteroatoms. The van der Waals surface area contributed by atoms with Crippen molar-refractivity contribution in [2.24, 2.45) is 59.2 Å². The molecule has 3 fully saturated rings. The number of hydrogen-bond acceptors (Lipinski definition) is 4. The Kier molecular flexibility index (Phi) is 7.11. The number of fused-ring (bicyclic) bond motifs is 4. The van der Waals surface area contributed by atoms with E-state index in [4.69, 9.17) is 9.47 Å². The first-order valence-corrected chi connectivity index (χ1v) is 15.4. The topological polar surface area (TPSA) is 52.6 Å². The maximum absolute atomic E-state index is 13.3. The molecule has 5 aliphatic carbocycles. The van der Waals surface area contributed by atoms with Crippen molar-refractivity contribution in [1.82, 2.24) is 0 Å². The van der Waals surface area contributed by atoms with Crippen molar-refractivity contribution in [3.05, 3.63) is 96.1 Å². The number of hydrogen-bond donors (Lipinski definition) is 0. The summed E-state index contributed by atoms with van der Waals surface area (Å²) in [4.78, 5) is 26.7. The molecule has 0 saturated heterocycles. The molecule has 0 aliphatic heterocycles. The Morgan fingerprint density at radius 2 is 0.950 bits per heavy atom.